The van der Waals surface area contributed by atoms with Crippen molar-refractivity contribution < 1.29 is 24.2 Å². The largest absolute Gasteiger partial charge is 0.494 e. The Labute approximate surface area is 163 Å². The first-order valence-corrected chi connectivity index (χ1v) is 8.99. The van der Waals surface area contributed by atoms with E-state index in [0.29, 0.717) is 25.1 Å². The fraction of sp³-hybridized carbons (Fsp3) is 0.286. The lowest BCUT2D eigenvalue weighted by molar-refractivity contribution is -0.137. The van der Waals surface area contributed by atoms with Gasteiger partial charge in [0.1, 0.15) is 12.3 Å². The number of hydrogen-bond donors (Lipinski definition) is 3. The van der Waals surface area contributed by atoms with Crippen LogP contribution in [0.4, 0.5) is 5.69 Å². The maximum atomic E-state index is 12.0. The SMILES string of the molecule is Cc1cccc(OCCCC(=O)Nc2ccc(CC(=O)NCC(=O)O)cc2)c1. The molecular formula is C21H24N2O5. The summed E-state index contributed by atoms with van der Waals surface area (Å²) < 4.78 is 5.62. The lowest BCUT2D eigenvalue weighted by Gasteiger charge is -2.08. The number of carboxylic acid groups (broad SMARTS) is 1. The van der Waals surface area contributed by atoms with E-state index in [1.807, 2.05) is 31.2 Å². The zero-order chi connectivity index (χ0) is 20.4. The molecule has 0 spiro atoms. The van der Waals surface area contributed by atoms with E-state index in [-0.39, 0.29) is 18.2 Å². The fourth-order valence-electron chi connectivity index (χ4n) is 2.48. The second-order valence-electron chi connectivity index (χ2n) is 6.36. The van der Waals surface area contributed by atoms with Crippen molar-refractivity contribution >= 4 is 23.5 Å². The van der Waals surface area contributed by atoms with Gasteiger partial charge in [0.05, 0.1) is 13.0 Å². The van der Waals surface area contributed by atoms with E-state index in [0.717, 1.165) is 16.9 Å². The standard InChI is InChI=1S/C21H24N2O5/c1-15-4-2-5-18(12-15)28-11-3-6-19(24)23-17-9-7-16(8-10-17)13-20(25)22-14-21(26)27/h2,4-5,7-10,12H,3,6,11,13-14H2,1H3,(H,22,25)(H,23,24)(H,26,27). The van der Waals surface area contributed by atoms with E-state index >= 15 is 0 Å². The first-order chi connectivity index (χ1) is 13.4. The molecule has 0 aliphatic carbocycles. The molecule has 3 N–H and O–H groups in total. The van der Waals surface area contributed by atoms with Crippen molar-refractivity contribution in [2.75, 3.05) is 18.5 Å². The van der Waals surface area contributed by atoms with Gasteiger partial charge in [0.2, 0.25) is 11.8 Å². The molecule has 0 aromatic heterocycles. The molecule has 0 saturated carbocycles. The lowest BCUT2D eigenvalue weighted by atomic mass is 10.1. The molecule has 0 heterocycles. The molecule has 0 saturated heterocycles. The first kappa shape index (κ1) is 21.0. The molecule has 0 aliphatic heterocycles. The van der Waals surface area contributed by atoms with Gasteiger partial charge in [0.15, 0.2) is 0 Å². The van der Waals surface area contributed by atoms with Crippen LogP contribution in [0, 0.1) is 6.92 Å². The average Bonchev–Trinajstić information content (AvgIpc) is 2.65. The van der Waals surface area contributed by atoms with Crippen molar-refractivity contribution in [1.82, 2.24) is 5.32 Å². The molecule has 148 valence electrons. The molecule has 28 heavy (non-hydrogen) atoms. The third-order valence-electron chi connectivity index (χ3n) is 3.85. The topological polar surface area (TPSA) is 105 Å². The lowest BCUT2D eigenvalue weighted by Crippen LogP contribution is -2.30. The highest BCUT2D eigenvalue weighted by atomic mass is 16.5. The summed E-state index contributed by atoms with van der Waals surface area (Å²) in [5.74, 6) is -0.772. The number of carbonyl (C=O) groups is 3. The van der Waals surface area contributed by atoms with Crippen LogP contribution in [0.15, 0.2) is 48.5 Å². The summed E-state index contributed by atoms with van der Waals surface area (Å²) in [5, 5.41) is 13.6. The van der Waals surface area contributed by atoms with Crippen LogP contribution in [0.3, 0.4) is 0 Å². The van der Waals surface area contributed by atoms with Crippen molar-refractivity contribution in [3.63, 3.8) is 0 Å². The Morgan fingerprint density at radius 2 is 1.79 bits per heavy atom. The number of aliphatic carboxylic acids is 1. The summed E-state index contributed by atoms with van der Waals surface area (Å²) in [6.07, 6.45) is 1.02. The summed E-state index contributed by atoms with van der Waals surface area (Å²) in [6, 6.07) is 14.6. The highest BCUT2D eigenvalue weighted by Gasteiger charge is 2.07. The minimum absolute atomic E-state index is 0.0812. The normalized spacial score (nSPS) is 10.2. The highest BCUT2D eigenvalue weighted by molar-refractivity contribution is 5.90. The van der Waals surface area contributed by atoms with E-state index in [1.54, 1.807) is 24.3 Å². The van der Waals surface area contributed by atoms with E-state index in [1.165, 1.54) is 0 Å². The van der Waals surface area contributed by atoms with Gasteiger partial charge in [-0.15, -0.1) is 0 Å². The van der Waals surface area contributed by atoms with Gasteiger partial charge >= 0.3 is 5.97 Å². The number of hydrogen-bond acceptors (Lipinski definition) is 4. The van der Waals surface area contributed by atoms with Crippen molar-refractivity contribution in [2.45, 2.75) is 26.2 Å². The summed E-state index contributed by atoms with van der Waals surface area (Å²) >= 11 is 0. The quantitative estimate of drug-likeness (QED) is 0.546. The Morgan fingerprint density at radius 3 is 2.46 bits per heavy atom. The molecule has 0 aliphatic rings. The van der Waals surface area contributed by atoms with Gasteiger partial charge in [0.25, 0.3) is 0 Å². The smallest absolute Gasteiger partial charge is 0.322 e. The predicted molar refractivity (Wildman–Crippen MR) is 105 cm³/mol. The van der Waals surface area contributed by atoms with Crippen LogP contribution in [0.25, 0.3) is 0 Å². The molecule has 2 aromatic rings. The number of carboxylic acids is 1. The molecule has 2 amide bonds. The fourth-order valence-corrected chi connectivity index (χ4v) is 2.48. The molecule has 0 radical (unpaired) electrons. The Kier molecular flexibility index (Phi) is 8.02. The maximum Gasteiger partial charge on any atom is 0.322 e. The first-order valence-electron chi connectivity index (χ1n) is 8.99. The minimum atomic E-state index is -1.09. The third kappa shape index (κ3) is 7.90. The van der Waals surface area contributed by atoms with Crippen LogP contribution >= 0.6 is 0 Å². The van der Waals surface area contributed by atoms with Crippen molar-refractivity contribution in [2.24, 2.45) is 0 Å². The second-order valence-corrected chi connectivity index (χ2v) is 6.36. The Bertz CT molecular complexity index is 818. The number of amides is 2. The van der Waals surface area contributed by atoms with Crippen LogP contribution in [0.1, 0.15) is 24.0 Å². The Balaban J connectivity index is 1.69. The van der Waals surface area contributed by atoms with Gasteiger partial charge in [-0.2, -0.15) is 0 Å². The van der Waals surface area contributed by atoms with E-state index in [9.17, 15) is 14.4 Å². The summed E-state index contributed by atoms with van der Waals surface area (Å²) in [5.41, 5.74) is 2.49. The number of benzene rings is 2. The highest BCUT2D eigenvalue weighted by Crippen LogP contribution is 2.13. The Morgan fingerprint density at radius 1 is 1.04 bits per heavy atom. The number of carbonyl (C=O) groups excluding carboxylic acids is 2. The molecular weight excluding hydrogens is 360 g/mol. The molecule has 2 rings (SSSR count). The number of aryl methyl sites for hydroxylation is 1. The minimum Gasteiger partial charge on any atom is -0.494 e. The van der Waals surface area contributed by atoms with Gasteiger partial charge in [0, 0.05) is 12.1 Å². The van der Waals surface area contributed by atoms with Gasteiger partial charge in [-0.1, -0.05) is 24.3 Å². The van der Waals surface area contributed by atoms with Crippen molar-refractivity contribution in [1.29, 1.82) is 0 Å². The van der Waals surface area contributed by atoms with Gasteiger partial charge in [-0.25, -0.2) is 0 Å². The van der Waals surface area contributed by atoms with E-state index in [4.69, 9.17) is 9.84 Å². The van der Waals surface area contributed by atoms with Gasteiger partial charge < -0.3 is 20.5 Å². The van der Waals surface area contributed by atoms with Crippen molar-refractivity contribution in [3.05, 3.63) is 59.7 Å². The average molecular weight is 384 g/mol. The number of anilines is 1. The van der Waals surface area contributed by atoms with Crippen LogP contribution in [-0.4, -0.2) is 36.0 Å². The third-order valence-corrected chi connectivity index (χ3v) is 3.85. The monoisotopic (exact) mass is 384 g/mol. The van der Waals surface area contributed by atoms with Crippen LogP contribution in [0.2, 0.25) is 0 Å². The maximum absolute atomic E-state index is 12.0. The molecule has 7 nitrogen and oxygen atoms in total. The summed E-state index contributed by atoms with van der Waals surface area (Å²) in [6.45, 7) is 2.05. The molecule has 7 heteroatoms. The molecule has 2 aromatic carbocycles. The van der Waals surface area contributed by atoms with Crippen LogP contribution in [0.5, 0.6) is 5.75 Å². The molecule has 0 atom stereocenters. The van der Waals surface area contributed by atoms with Gasteiger partial charge in [-0.05, 0) is 48.7 Å². The molecule has 0 unspecified atom stereocenters. The van der Waals surface area contributed by atoms with Crippen LogP contribution in [-0.2, 0) is 20.8 Å². The zero-order valence-corrected chi connectivity index (χ0v) is 15.7. The second kappa shape index (κ2) is 10.7. The van der Waals surface area contributed by atoms with E-state index in [2.05, 4.69) is 10.6 Å². The van der Waals surface area contributed by atoms with E-state index < -0.39 is 12.5 Å². The zero-order valence-electron chi connectivity index (χ0n) is 15.7. The summed E-state index contributed by atoms with van der Waals surface area (Å²) in [7, 11) is 0. The number of rotatable bonds is 10. The molecule has 0 bridgehead atoms. The van der Waals surface area contributed by atoms with Gasteiger partial charge in [-0.3, -0.25) is 14.4 Å². The van der Waals surface area contributed by atoms with Crippen molar-refractivity contribution in [3.8, 4) is 5.75 Å². The summed E-state index contributed by atoms with van der Waals surface area (Å²) in [4.78, 5) is 34.0. The predicted octanol–water partition coefficient (Wildman–Crippen LogP) is 2.54. The Hall–Kier alpha value is -3.35. The van der Waals surface area contributed by atoms with Crippen LogP contribution < -0.4 is 15.4 Å². The molecule has 0 fully saturated rings. The number of nitrogens with one attached hydrogen (secondary N) is 2. The number of ether oxygens (including phenoxy) is 1.